The highest BCUT2D eigenvalue weighted by Gasteiger charge is 2.14. The second-order valence-corrected chi connectivity index (χ2v) is 3.03. The normalized spacial score (nSPS) is 9.94. The lowest BCUT2D eigenvalue weighted by atomic mass is 10.5. The number of rotatable bonds is 0. The Balaban J connectivity index is 3.22. The summed E-state index contributed by atoms with van der Waals surface area (Å²) >= 11 is 0. The average molecular weight is 214 g/mol. The number of hydrogen-bond acceptors (Lipinski definition) is 3. The molecule has 2 aromatic heterocycles. The molecule has 0 saturated carbocycles. The maximum absolute atomic E-state index is 11.8. The van der Waals surface area contributed by atoms with Crippen molar-refractivity contribution in [1.29, 1.82) is 0 Å². The van der Waals surface area contributed by atoms with E-state index in [4.69, 9.17) is 12.8 Å². The van der Waals surface area contributed by atoms with Gasteiger partial charge in [0.1, 0.15) is 6.33 Å². The third-order valence-electron chi connectivity index (χ3n) is 2.22. The van der Waals surface area contributed by atoms with Gasteiger partial charge in [-0.2, -0.15) is 4.57 Å². The molecule has 6 heteroatoms. The van der Waals surface area contributed by atoms with Crippen LogP contribution in [-0.2, 0) is 7.05 Å². The zero-order valence-electron chi connectivity index (χ0n) is 8.34. The topological polar surface area (TPSA) is 61.8 Å². The fourth-order valence-electron chi connectivity index (χ4n) is 1.43. The minimum absolute atomic E-state index is 0.113. The van der Waals surface area contributed by atoms with E-state index in [1.54, 1.807) is 0 Å². The van der Waals surface area contributed by atoms with Crippen molar-refractivity contribution in [3.8, 4) is 24.9 Å². The summed E-state index contributed by atoms with van der Waals surface area (Å²) < 4.78 is 3.01. The summed E-state index contributed by atoms with van der Waals surface area (Å²) in [5.74, 6) is 0. The van der Waals surface area contributed by atoms with Crippen molar-refractivity contribution in [2.45, 2.75) is 0 Å². The standard InChI is InChI=1S/C10H6N4O2/c1-4-13-6-11-8-7(13)9(15)14(5-2)10(16)12(8)3/h1-2,6H,3H3. The van der Waals surface area contributed by atoms with Crippen LogP contribution in [0.2, 0.25) is 0 Å². The fourth-order valence-corrected chi connectivity index (χ4v) is 1.43. The molecule has 0 fully saturated rings. The van der Waals surface area contributed by atoms with E-state index in [0.717, 1.165) is 0 Å². The fraction of sp³-hybridized carbons (Fsp3) is 0.100. The zero-order chi connectivity index (χ0) is 11.9. The second kappa shape index (κ2) is 3.14. The Labute approximate surface area is 89.8 Å². The number of aryl methyl sites for hydroxylation is 1. The van der Waals surface area contributed by atoms with Crippen LogP contribution in [0.25, 0.3) is 11.2 Å². The third-order valence-corrected chi connectivity index (χ3v) is 2.22. The van der Waals surface area contributed by atoms with Crippen molar-refractivity contribution < 1.29 is 0 Å². The Morgan fingerprint density at radius 1 is 1.31 bits per heavy atom. The van der Waals surface area contributed by atoms with E-state index in [1.165, 1.54) is 22.5 Å². The van der Waals surface area contributed by atoms with Gasteiger partial charge < -0.3 is 0 Å². The zero-order valence-corrected chi connectivity index (χ0v) is 8.34. The van der Waals surface area contributed by atoms with Crippen LogP contribution in [0.5, 0.6) is 0 Å². The summed E-state index contributed by atoms with van der Waals surface area (Å²) in [5.41, 5.74) is -0.944. The smallest absolute Gasteiger partial charge is 0.278 e. The molecule has 0 bridgehead atoms. The molecular formula is C10H6N4O2. The van der Waals surface area contributed by atoms with E-state index in [2.05, 4.69) is 11.0 Å². The molecule has 0 atom stereocenters. The number of fused-ring (bicyclic) bond motifs is 1. The minimum Gasteiger partial charge on any atom is -0.278 e. The van der Waals surface area contributed by atoms with Crippen LogP contribution in [0.3, 0.4) is 0 Å². The molecule has 0 aliphatic rings. The number of imidazole rings is 1. The quantitative estimate of drug-likeness (QED) is 0.516. The van der Waals surface area contributed by atoms with Gasteiger partial charge in [0.15, 0.2) is 11.2 Å². The van der Waals surface area contributed by atoms with Crippen LogP contribution >= 0.6 is 0 Å². The van der Waals surface area contributed by atoms with Gasteiger partial charge in [0, 0.05) is 19.1 Å². The molecule has 0 N–H and O–H groups in total. The Morgan fingerprint density at radius 2 is 2.00 bits per heavy atom. The van der Waals surface area contributed by atoms with E-state index >= 15 is 0 Å². The first kappa shape index (κ1) is 9.81. The van der Waals surface area contributed by atoms with Crippen molar-refractivity contribution in [2.75, 3.05) is 0 Å². The molecule has 2 rings (SSSR count). The van der Waals surface area contributed by atoms with Gasteiger partial charge in [-0.25, -0.2) is 9.78 Å². The van der Waals surface area contributed by atoms with Crippen LogP contribution in [0, 0.1) is 24.9 Å². The highest BCUT2D eigenvalue weighted by molar-refractivity contribution is 5.71. The molecular weight excluding hydrogens is 208 g/mol. The number of terminal acetylenes is 2. The van der Waals surface area contributed by atoms with Crippen LogP contribution in [0.15, 0.2) is 15.9 Å². The average Bonchev–Trinajstić information content (AvgIpc) is 2.70. The first-order valence-electron chi connectivity index (χ1n) is 4.24. The number of aromatic nitrogens is 4. The largest absolute Gasteiger partial charge is 0.344 e. The van der Waals surface area contributed by atoms with Crippen LogP contribution in [0.1, 0.15) is 0 Å². The van der Waals surface area contributed by atoms with Crippen molar-refractivity contribution in [3.63, 3.8) is 0 Å². The molecule has 0 spiro atoms. The SMILES string of the molecule is C#Cn1c(=O)c2c(ncn2C#C)n(C)c1=O. The maximum Gasteiger partial charge on any atom is 0.344 e. The Morgan fingerprint density at radius 3 is 2.56 bits per heavy atom. The molecule has 0 radical (unpaired) electrons. The van der Waals surface area contributed by atoms with Crippen molar-refractivity contribution >= 4 is 11.2 Å². The van der Waals surface area contributed by atoms with Gasteiger partial charge >= 0.3 is 5.69 Å². The lowest BCUT2D eigenvalue weighted by Crippen LogP contribution is -2.37. The van der Waals surface area contributed by atoms with E-state index < -0.39 is 11.2 Å². The van der Waals surface area contributed by atoms with Gasteiger partial charge in [0.05, 0.1) is 0 Å². The maximum atomic E-state index is 11.8. The Kier molecular flexibility index (Phi) is 1.93. The number of nitrogens with zero attached hydrogens (tertiary/aromatic N) is 4. The molecule has 0 aromatic carbocycles. The molecule has 0 saturated heterocycles. The monoisotopic (exact) mass is 214 g/mol. The van der Waals surface area contributed by atoms with Gasteiger partial charge in [0.2, 0.25) is 0 Å². The number of hydrogen-bond donors (Lipinski definition) is 0. The molecule has 0 unspecified atom stereocenters. The first-order chi connectivity index (χ1) is 7.61. The minimum atomic E-state index is -0.643. The van der Waals surface area contributed by atoms with E-state index in [0.29, 0.717) is 4.57 Å². The summed E-state index contributed by atoms with van der Waals surface area (Å²) in [7, 11) is 1.46. The van der Waals surface area contributed by atoms with Crippen molar-refractivity contribution in [2.24, 2.45) is 7.05 Å². The van der Waals surface area contributed by atoms with Crippen molar-refractivity contribution in [1.82, 2.24) is 18.7 Å². The molecule has 0 aliphatic carbocycles. The third kappa shape index (κ3) is 1.01. The van der Waals surface area contributed by atoms with Crippen molar-refractivity contribution in [3.05, 3.63) is 27.2 Å². The van der Waals surface area contributed by atoms with E-state index in [-0.39, 0.29) is 11.2 Å². The van der Waals surface area contributed by atoms with Gasteiger partial charge in [-0.1, -0.05) is 12.8 Å². The molecule has 2 heterocycles. The molecule has 6 nitrogen and oxygen atoms in total. The van der Waals surface area contributed by atoms with Crippen LogP contribution < -0.4 is 11.2 Å². The van der Waals surface area contributed by atoms with Crippen LogP contribution in [-0.4, -0.2) is 18.7 Å². The van der Waals surface area contributed by atoms with Gasteiger partial charge in [-0.05, 0) is 0 Å². The summed E-state index contributed by atoms with van der Waals surface area (Å²) in [5, 5.41) is 0. The highest BCUT2D eigenvalue weighted by Crippen LogP contribution is 2.02. The summed E-state index contributed by atoms with van der Waals surface area (Å²) in [6.07, 6.45) is 11.6. The van der Waals surface area contributed by atoms with Gasteiger partial charge in [-0.15, -0.1) is 0 Å². The molecule has 0 aliphatic heterocycles. The molecule has 78 valence electrons. The highest BCUT2D eigenvalue weighted by atomic mass is 16.2. The lowest BCUT2D eigenvalue weighted by Gasteiger charge is -2.01. The first-order valence-corrected chi connectivity index (χ1v) is 4.24. The second-order valence-electron chi connectivity index (χ2n) is 3.03. The molecule has 2 aromatic rings. The predicted molar refractivity (Wildman–Crippen MR) is 57.7 cm³/mol. The predicted octanol–water partition coefficient (Wildman–Crippen LogP) is -1.23. The summed E-state index contributed by atoms with van der Waals surface area (Å²) in [6.45, 7) is 0. The Hall–Kier alpha value is -2.73. The summed E-state index contributed by atoms with van der Waals surface area (Å²) in [4.78, 5) is 27.3. The van der Waals surface area contributed by atoms with E-state index in [9.17, 15) is 9.59 Å². The van der Waals surface area contributed by atoms with Gasteiger partial charge in [0.25, 0.3) is 5.56 Å². The van der Waals surface area contributed by atoms with E-state index in [1.807, 2.05) is 6.04 Å². The molecule has 16 heavy (non-hydrogen) atoms. The Bertz CT molecular complexity index is 776. The van der Waals surface area contributed by atoms with Gasteiger partial charge in [-0.3, -0.25) is 13.9 Å². The lowest BCUT2D eigenvalue weighted by molar-refractivity contribution is 0.779. The molecule has 0 amide bonds. The van der Waals surface area contributed by atoms with Crippen LogP contribution in [0.4, 0.5) is 0 Å². The summed E-state index contributed by atoms with van der Waals surface area (Å²) in [6, 6.07) is 4.24.